The molecule has 0 aliphatic heterocycles. The van der Waals surface area contributed by atoms with Crippen molar-refractivity contribution < 1.29 is 9.53 Å². The van der Waals surface area contributed by atoms with E-state index in [1.54, 1.807) is 6.92 Å². The van der Waals surface area contributed by atoms with Gasteiger partial charge in [0.2, 0.25) is 5.91 Å². The molecule has 4 nitrogen and oxygen atoms in total. The highest BCUT2D eigenvalue weighted by atomic mass is 16.5. The fourth-order valence-electron chi connectivity index (χ4n) is 2.39. The molecule has 1 aromatic carbocycles. The summed E-state index contributed by atoms with van der Waals surface area (Å²) in [6, 6.07) is 12.1. The van der Waals surface area contributed by atoms with E-state index in [0.29, 0.717) is 0 Å². The average molecular weight is 272 g/mol. The van der Waals surface area contributed by atoms with Gasteiger partial charge in [0.05, 0.1) is 18.1 Å². The van der Waals surface area contributed by atoms with Crippen LogP contribution < -0.4 is 5.32 Å². The van der Waals surface area contributed by atoms with Crippen LogP contribution in [-0.4, -0.2) is 25.2 Å². The van der Waals surface area contributed by atoms with Gasteiger partial charge >= 0.3 is 0 Å². The third-order valence-electron chi connectivity index (χ3n) is 3.79. The van der Waals surface area contributed by atoms with Gasteiger partial charge in [-0.3, -0.25) is 4.79 Å². The molecule has 1 aliphatic carbocycles. The van der Waals surface area contributed by atoms with E-state index in [4.69, 9.17) is 4.74 Å². The van der Waals surface area contributed by atoms with Gasteiger partial charge in [-0.1, -0.05) is 30.3 Å². The van der Waals surface area contributed by atoms with E-state index in [2.05, 4.69) is 11.4 Å². The van der Waals surface area contributed by atoms with Crippen LogP contribution in [0.4, 0.5) is 0 Å². The molecule has 1 aromatic rings. The van der Waals surface area contributed by atoms with Crippen LogP contribution in [0.5, 0.6) is 0 Å². The van der Waals surface area contributed by atoms with Gasteiger partial charge in [0.25, 0.3) is 0 Å². The van der Waals surface area contributed by atoms with Crippen LogP contribution in [0, 0.1) is 16.7 Å². The van der Waals surface area contributed by atoms with Gasteiger partial charge in [-0.05, 0) is 31.7 Å². The summed E-state index contributed by atoms with van der Waals surface area (Å²) in [6.07, 6.45) is 2.48. The Hall–Kier alpha value is -1.86. The molecule has 1 unspecified atom stereocenters. The fraction of sp³-hybridized carbons (Fsp3) is 0.500. The molecule has 1 fully saturated rings. The minimum Gasteiger partial charge on any atom is -0.381 e. The summed E-state index contributed by atoms with van der Waals surface area (Å²) in [5, 5.41) is 12.0. The first kappa shape index (κ1) is 14.5. The van der Waals surface area contributed by atoms with Crippen molar-refractivity contribution in [3.05, 3.63) is 35.9 Å². The van der Waals surface area contributed by atoms with Gasteiger partial charge in [0, 0.05) is 7.11 Å². The Labute approximate surface area is 119 Å². The number of carbonyl (C=O) groups excluding carboxylic acids is 1. The van der Waals surface area contributed by atoms with E-state index in [9.17, 15) is 10.1 Å². The molecule has 0 bridgehead atoms. The van der Waals surface area contributed by atoms with Crippen molar-refractivity contribution in [1.82, 2.24) is 5.32 Å². The van der Waals surface area contributed by atoms with Gasteiger partial charge in [0.15, 0.2) is 0 Å². The Bertz CT molecular complexity index is 517. The highest BCUT2D eigenvalue weighted by Gasteiger charge is 2.51. The topological polar surface area (TPSA) is 62.1 Å². The number of carbonyl (C=O) groups is 1. The first-order chi connectivity index (χ1) is 9.53. The number of nitrogens with one attached hydrogen (secondary N) is 1. The van der Waals surface area contributed by atoms with E-state index in [0.717, 1.165) is 24.8 Å². The summed E-state index contributed by atoms with van der Waals surface area (Å²) in [7, 11) is 1.53. The Morgan fingerprint density at radius 1 is 1.45 bits per heavy atom. The second-order valence-corrected chi connectivity index (χ2v) is 5.77. The maximum atomic E-state index is 12.5. The maximum Gasteiger partial charge on any atom is 0.227 e. The molecular formula is C16H20N2O2. The fourth-order valence-corrected chi connectivity index (χ4v) is 2.39. The second kappa shape index (κ2) is 5.64. The molecule has 20 heavy (non-hydrogen) atoms. The number of nitrogens with zero attached hydrogens (tertiary/aromatic N) is 1. The highest BCUT2D eigenvalue weighted by molar-refractivity contribution is 5.86. The number of amides is 1. The average Bonchev–Trinajstić information content (AvgIpc) is 3.21. The molecule has 1 N–H and O–H groups in total. The number of methoxy groups -OCH3 is 1. The lowest BCUT2D eigenvalue weighted by Gasteiger charge is -2.25. The second-order valence-electron chi connectivity index (χ2n) is 5.77. The Kier molecular flexibility index (Phi) is 4.10. The smallest absolute Gasteiger partial charge is 0.227 e. The lowest BCUT2D eigenvalue weighted by Crippen LogP contribution is -2.51. The molecule has 0 radical (unpaired) electrons. The number of hydrogen-bond acceptors (Lipinski definition) is 3. The molecule has 1 aliphatic rings. The lowest BCUT2D eigenvalue weighted by molar-refractivity contribution is -0.128. The first-order valence-electron chi connectivity index (χ1n) is 6.80. The molecule has 1 atom stereocenters. The van der Waals surface area contributed by atoms with E-state index >= 15 is 0 Å². The van der Waals surface area contributed by atoms with Crippen molar-refractivity contribution in [2.45, 2.75) is 31.7 Å². The Morgan fingerprint density at radius 2 is 2.10 bits per heavy atom. The van der Waals surface area contributed by atoms with E-state index < -0.39 is 5.54 Å². The zero-order valence-corrected chi connectivity index (χ0v) is 12.0. The SMILES string of the molecule is COCC(C)(C#N)NC(=O)C1(Cc2ccccc2)CC1. The predicted molar refractivity (Wildman–Crippen MR) is 75.8 cm³/mol. The minimum atomic E-state index is -0.960. The summed E-state index contributed by atoms with van der Waals surface area (Å²) in [4.78, 5) is 12.5. The summed E-state index contributed by atoms with van der Waals surface area (Å²) in [5.74, 6) is -0.0394. The van der Waals surface area contributed by atoms with Crippen LogP contribution in [0.3, 0.4) is 0 Å². The van der Waals surface area contributed by atoms with Gasteiger partial charge in [0.1, 0.15) is 5.54 Å². The van der Waals surface area contributed by atoms with Crippen LogP contribution in [0.25, 0.3) is 0 Å². The number of nitriles is 1. The normalized spacial score (nSPS) is 18.6. The molecular weight excluding hydrogens is 252 g/mol. The van der Waals surface area contributed by atoms with E-state index in [-0.39, 0.29) is 17.9 Å². The molecule has 0 aromatic heterocycles. The third-order valence-corrected chi connectivity index (χ3v) is 3.79. The monoisotopic (exact) mass is 272 g/mol. The van der Waals surface area contributed by atoms with Gasteiger partial charge in [-0.15, -0.1) is 0 Å². The van der Waals surface area contributed by atoms with Crippen molar-refractivity contribution in [2.75, 3.05) is 13.7 Å². The molecule has 1 saturated carbocycles. The van der Waals surface area contributed by atoms with Crippen LogP contribution in [0.1, 0.15) is 25.3 Å². The van der Waals surface area contributed by atoms with E-state index in [1.807, 2.05) is 30.3 Å². The van der Waals surface area contributed by atoms with Crippen molar-refractivity contribution in [3.63, 3.8) is 0 Å². The van der Waals surface area contributed by atoms with Crippen molar-refractivity contribution >= 4 is 5.91 Å². The van der Waals surface area contributed by atoms with Gasteiger partial charge in [-0.25, -0.2) is 0 Å². The number of hydrogen-bond donors (Lipinski definition) is 1. The van der Waals surface area contributed by atoms with Gasteiger partial charge < -0.3 is 10.1 Å². The van der Waals surface area contributed by atoms with Crippen LogP contribution in [0.15, 0.2) is 30.3 Å². The molecule has 1 amide bonds. The zero-order valence-electron chi connectivity index (χ0n) is 12.0. The molecule has 106 valence electrons. The summed E-state index contributed by atoms with van der Waals surface area (Å²) in [6.45, 7) is 1.88. The largest absolute Gasteiger partial charge is 0.381 e. The summed E-state index contributed by atoms with van der Waals surface area (Å²) in [5.41, 5.74) is -0.142. The summed E-state index contributed by atoms with van der Waals surface area (Å²) >= 11 is 0. The van der Waals surface area contributed by atoms with Crippen LogP contribution >= 0.6 is 0 Å². The Balaban J connectivity index is 2.04. The number of benzene rings is 1. The lowest BCUT2D eigenvalue weighted by atomic mass is 9.94. The molecule has 4 heteroatoms. The summed E-state index contributed by atoms with van der Waals surface area (Å²) < 4.78 is 5.01. The number of rotatable bonds is 6. The van der Waals surface area contributed by atoms with Crippen molar-refractivity contribution in [1.29, 1.82) is 5.26 Å². The van der Waals surface area contributed by atoms with Crippen LogP contribution in [0.2, 0.25) is 0 Å². The predicted octanol–water partition coefficient (Wildman–Crippen LogP) is 2.05. The highest BCUT2D eigenvalue weighted by Crippen LogP contribution is 2.48. The molecule has 2 rings (SSSR count). The minimum absolute atomic E-state index is 0.0394. The van der Waals surface area contributed by atoms with Crippen LogP contribution in [-0.2, 0) is 16.0 Å². The van der Waals surface area contributed by atoms with E-state index in [1.165, 1.54) is 7.11 Å². The molecule has 0 heterocycles. The van der Waals surface area contributed by atoms with Crippen molar-refractivity contribution in [3.8, 4) is 6.07 Å². The molecule has 0 saturated heterocycles. The third kappa shape index (κ3) is 3.17. The first-order valence-corrected chi connectivity index (χ1v) is 6.80. The Morgan fingerprint density at radius 3 is 2.60 bits per heavy atom. The zero-order chi connectivity index (χ0) is 14.6. The quantitative estimate of drug-likeness (QED) is 0.862. The maximum absolute atomic E-state index is 12.5. The standard InChI is InChI=1S/C16H20N2O2/c1-15(11-17,12-20-2)18-14(19)16(8-9-16)10-13-6-4-3-5-7-13/h3-7H,8-10,12H2,1-2H3,(H,18,19). The number of ether oxygens (including phenoxy) is 1. The molecule has 0 spiro atoms. The van der Waals surface area contributed by atoms with Gasteiger partial charge in [-0.2, -0.15) is 5.26 Å². The van der Waals surface area contributed by atoms with Crippen molar-refractivity contribution in [2.24, 2.45) is 5.41 Å².